The Bertz CT molecular complexity index is 1930. The normalized spacial score (nSPS) is 11.5. The molecule has 0 radical (unpaired) electrons. The summed E-state index contributed by atoms with van der Waals surface area (Å²) in [5.41, 5.74) is 7.85. The van der Waals surface area contributed by atoms with E-state index in [2.05, 4.69) is 46.7 Å². The van der Waals surface area contributed by atoms with Crippen LogP contribution in [0.5, 0.6) is 0 Å². The lowest BCUT2D eigenvalue weighted by Crippen LogP contribution is -2.20. The lowest BCUT2D eigenvalue weighted by Gasteiger charge is -2.13. The Morgan fingerprint density at radius 2 is 1.81 bits per heavy atom. The third kappa shape index (κ3) is 6.09. The van der Waals surface area contributed by atoms with Crippen molar-refractivity contribution in [3.63, 3.8) is 0 Å². The summed E-state index contributed by atoms with van der Waals surface area (Å²) in [6.07, 6.45) is 6.32. The van der Waals surface area contributed by atoms with E-state index in [0.717, 1.165) is 68.5 Å². The fraction of sp³-hybridized carbons (Fsp3) is 0.212. The fourth-order valence-corrected chi connectivity index (χ4v) is 5.18. The van der Waals surface area contributed by atoms with Crippen LogP contribution in [0.1, 0.15) is 19.8 Å². The first-order valence-corrected chi connectivity index (χ1v) is 14.3. The Hall–Kier alpha value is -5.09. The van der Waals surface area contributed by atoms with Crippen LogP contribution in [-0.4, -0.2) is 63.1 Å². The molecule has 0 bridgehead atoms. The smallest absolute Gasteiger partial charge is 0.224 e. The van der Waals surface area contributed by atoms with Gasteiger partial charge in [-0.15, -0.1) is 0 Å². The van der Waals surface area contributed by atoms with Gasteiger partial charge in [-0.05, 0) is 74.1 Å². The molecule has 1 amide bonds. The second-order valence-electron chi connectivity index (χ2n) is 10.9. The monoisotopic (exact) mass is 576 g/mol. The number of carbonyl (C=O) groups is 1. The fourth-order valence-electron chi connectivity index (χ4n) is 5.18. The molecule has 43 heavy (non-hydrogen) atoms. The van der Waals surface area contributed by atoms with Crippen molar-refractivity contribution < 1.29 is 9.18 Å². The van der Waals surface area contributed by atoms with Crippen molar-refractivity contribution >= 4 is 39.1 Å². The van der Waals surface area contributed by atoms with Crippen molar-refractivity contribution in [3.05, 3.63) is 79.0 Å². The minimum atomic E-state index is -0.292. The van der Waals surface area contributed by atoms with Gasteiger partial charge in [0.05, 0.1) is 35.0 Å². The first-order chi connectivity index (χ1) is 20.9. The number of likely N-dealkylation sites (N-methyl/N-ethyl adjacent to an activating group) is 1. The third-order valence-electron chi connectivity index (χ3n) is 7.26. The van der Waals surface area contributed by atoms with E-state index in [1.54, 1.807) is 24.7 Å². The van der Waals surface area contributed by atoms with Gasteiger partial charge in [0.25, 0.3) is 0 Å². The molecule has 6 aromatic rings. The molecule has 4 aromatic heterocycles. The van der Waals surface area contributed by atoms with E-state index in [1.807, 2.05) is 57.4 Å². The molecule has 10 heteroatoms. The molecule has 0 aliphatic heterocycles. The Kier molecular flexibility index (Phi) is 7.84. The van der Waals surface area contributed by atoms with E-state index in [0.29, 0.717) is 24.3 Å². The minimum Gasteiger partial charge on any atom is -0.384 e. The summed E-state index contributed by atoms with van der Waals surface area (Å²) in [4.78, 5) is 26.6. The van der Waals surface area contributed by atoms with E-state index < -0.39 is 0 Å². The number of H-pyrrole nitrogens is 2. The number of amides is 1. The third-order valence-corrected chi connectivity index (χ3v) is 7.26. The maximum atomic E-state index is 14.7. The van der Waals surface area contributed by atoms with Crippen LogP contribution in [0.15, 0.2) is 73.2 Å². The van der Waals surface area contributed by atoms with Crippen LogP contribution >= 0.6 is 0 Å². The van der Waals surface area contributed by atoms with Gasteiger partial charge in [0.15, 0.2) is 0 Å². The van der Waals surface area contributed by atoms with Crippen molar-refractivity contribution in [2.45, 2.75) is 19.8 Å². The molecule has 0 atom stereocenters. The summed E-state index contributed by atoms with van der Waals surface area (Å²) in [6, 6.07) is 16.9. The maximum Gasteiger partial charge on any atom is 0.224 e. The van der Waals surface area contributed by atoms with Crippen LogP contribution < -0.4 is 10.6 Å². The number of pyridine rings is 2. The molecule has 4 heterocycles. The number of aromatic nitrogens is 5. The number of anilines is 2. The number of halogens is 1. The number of carbonyl (C=O) groups excluding carboxylic acids is 1. The van der Waals surface area contributed by atoms with Crippen molar-refractivity contribution in [2.24, 2.45) is 0 Å². The highest BCUT2D eigenvalue weighted by Crippen LogP contribution is 2.36. The summed E-state index contributed by atoms with van der Waals surface area (Å²) in [5, 5.41) is 15.8. The highest BCUT2D eigenvalue weighted by Gasteiger charge is 2.16. The molecule has 0 spiro atoms. The number of aromatic amines is 2. The average molecular weight is 577 g/mol. The zero-order chi connectivity index (χ0) is 29.9. The number of hydrogen-bond acceptors (Lipinski definition) is 6. The summed E-state index contributed by atoms with van der Waals surface area (Å²) in [6.45, 7) is 3.52. The van der Waals surface area contributed by atoms with Crippen molar-refractivity contribution in [3.8, 4) is 33.8 Å². The molecule has 218 valence electrons. The summed E-state index contributed by atoms with van der Waals surface area (Å²) >= 11 is 0. The minimum absolute atomic E-state index is 0.0461. The van der Waals surface area contributed by atoms with Crippen LogP contribution in [0.4, 0.5) is 15.8 Å². The molecule has 6 rings (SSSR count). The molecule has 0 aliphatic rings. The van der Waals surface area contributed by atoms with Gasteiger partial charge >= 0.3 is 0 Å². The second kappa shape index (κ2) is 12.0. The number of hydrogen-bond donors (Lipinski definition) is 4. The lowest BCUT2D eigenvalue weighted by atomic mass is 10.0. The van der Waals surface area contributed by atoms with Gasteiger partial charge in [-0.2, -0.15) is 5.10 Å². The zero-order valence-electron chi connectivity index (χ0n) is 24.3. The average Bonchev–Trinajstić information content (AvgIpc) is 3.60. The van der Waals surface area contributed by atoms with Gasteiger partial charge in [-0.1, -0.05) is 19.1 Å². The maximum absolute atomic E-state index is 14.7. The molecule has 4 N–H and O–H groups in total. The zero-order valence-corrected chi connectivity index (χ0v) is 24.3. The number of nitrogens with one attached hydrogen (secondary N) is 4. The van der Waals surface area contributed by atoms with E-state index >= 15 is 0 Å². The standard InChI is InChI=1S/C33H33FN8O/c1-4-6-32(43)38-24-13-21(17-35-18-24)29-16-27-31(19-37-29)40-41-33(27)30-15-26-25(7-5-8-28(26)39-30)20-11-22(34)14-23(12-20)36-9-10-42(2)3/h5,7-8,11-19,36,39H,4,6,9-10H2,1-3H3,(H,38,43)(H,40,41). The topological polar surface area (TPSA) is 115 Å². The Labute approximate surface area is 248 Å². The molecule has 0 saturated carbocycles. The van der Waals surface area contributed by atoms with Gasteiger partial charge in [0.1, 0.15) is 11.5 Å². The van der Waals surface area contributed by atoms with Crippen LogP contribution in [0, 0.1) is 5.82 Å². The van der Waals surface area contributed by atoms with E-state index in [9.17, 15) is 9.18 Å². The largest absolute Gasteiger partial charge is 0.384 e. The van der Waals surface area contributed by atoms with Gasteiger partial charge in [0, 0.05) is 53.2 Å². The highest BCUT2D eigenvalue weighted by atomic mass is 19.1. The van der Waals surface area contributed by atoms with E-state index in [4.69, 9.17) is 0 Å². The van der Waals surface area contributed by atoms with Gasteiger partial charge in [-0.25, -0.2) is 4.39 Å². The summed E-state index contributed by atoms with van der Waals surface area (Å²) < 4.78 is 14.7. The van der Waals surface area contributed by atoms with E-state index in [-0.39, 0.29) is 11.7 Å². The van der Waals surface area contributed by atoms with Crippen molar-refractivity contribution in [2.75, 3.05) is 37.8 Å². The SMILES string of the molecule is CCCC(=O)Nc1cncc(-c2cc3c(-c4cc5c(-c6cc(F)cc(NCCN(C)C)c6)cccc5[nH]4)n[nH]c3cn2)c1. The molecular formula is C33H33FN8O. The first kappa shape index (κ1) is 28.0. The summed E-state index contributed by atoms with van der Waals surface area (Å²) in [5.74, 6) is -0.338. The number of fused-ring (bicyclic) bond motifs is 2. The molecule has 9 nitrogen and oxygen atoms in total. The first-order valence-electron chi connectivity index (χ1n) is 14.3. The number of nitrogens with zero attached hydrogens (tertiary/aromatic N) is 4. The van der Waals surface area contributed by atoms with E-state index in [1.165, 1.54) is 6.07 Å². The van der Waals surface area contributed by atoms with Crippen LogP contribution in [0.2, 0.25) is 0 Å². The van der Waals surface area contributed by atoms with Crippen molar-refractivity contribution in [1.82, 2.24) is 30.0 Å². The predicted molar refractivity (Wildman–Crippen MR) is 170 cm³/mol. The highest BCUT2D eigenvalue weighted by molar-refractivity contribution is 6.02. The predicted octanol–water partition coefficient (Wildman–Crippen LogP) is 6.69. The molecule has 0 fully saturated rings. The Morgan fingerprint density at radius 1 is 0.953 bits per heavy atom. The second-order valence-corrected chi connectivity index (χ2v) is 10.9. The molecule has 0 unspecified atom stereocenters. The molecular weight excluding hydrogens is 543 g/mol. The molecule has 0 saturated heterocycles. The lowest BCUT2D eigenvalue weighted by molar-refractivity contribution is -0.116. The van der Waals surface area contributed by atoms with Crippen LogP contribution in [-0.2, 0) is 4.79 Å². The van der Waals surface area contributed by atoms with Gasteiger partial charge in [0.2, 0.25) is 5.91 Å². The van der Waals surface area contributed by atoms with Gasteiger partial charge < -0.3 is 20.5 Å². The Morgan fingerprint density at radius 3 is 2.65 bits per heavy atom. The summed E-state index contributed by atoms with van der Waals surface area (Å²) in [7, 11) is 4.02. The molecule has 0 aliphatic carbocycles. The number of benzene rings is 2. The van der Waals surface area contributed by atoms with Crippen molar-refractivity contribution in [1.29, 1.82) is 0 Å². The van der Waals surface area contributed by atoms with Gasteiger partial charge in [-0.3, -0.25) is 19.9 Å². The number of rotatable bonds is 10. The Balaban J connectivity index is 1.35. The van der Waals surface area contributed by atoms with Crippen LogP contribution in [0.25, 0.3) is 55.6 Å². The molecule has 2 aromatic carbocycles. The van der Waals surface area contributed by atoms with Crippen LogP contribution in [0.3, 0.4) is 0 Å². The quantitative estimate of drug-likeness (QED) is 0.145.